The van der Waals surface area contributed by atoms with E-state index >= 15 is 0 Å². The van der Waals surface area contributed by atoms with Gasteiger partial charge < -0.3 is 10.2 Å². The van der Waals surface area contributed by atoms with Crippen LogP contribution in [0, 0.1) is 5.92 Å². The van der Waals surface area contributed by atoms with Crippen molar-refractivity contribution in [2.45, 2.75) is 76.7 Å². The zero-order valence-electron chi connectivity index (χ0n) is 19.9. The Balaban J connectivity index is 1.27. The highest BCUT2D eigenvalue weighted by molar-refractivity contribution is 5.36. The van der Waals surface area contributed by atoms with E-state index in [0.717, 1.165) is 13.0 Å². The molecule has 2 heteroatoms. The van der Waals surface area contributed by atoms with Gasteiger partial charge in [0.05, 0.1) is 0 Å². The molecule has 1 aliphatic heterocycles. The van der Waals surface area contributed by atoms with Crippen LogP contribution in [0.4, 0.5) is 0 Å². The molecule has 0 amide bonds. The minimum Gasteiger partial charge on any atom is -0.384 e. The van der Waals surface area contributed by atoms with Crippen molar-refractivity contribution in [1.29, 1.82) is 0 Å². The van der Waals surface area contributed by atoms with Gasteiger partial charge in [-0.3, -0.25) is 0 Å². The number of likely N-dealkylation sites (tertiary alicyclic amines) is 1. The van der Waals surface area contributed by atoms with E-state index in [9.17, 15) is 0 Å². The molecule has 2 unspecified atom stereocenters. The third-order valence-electron chi connectivity index (χ3n) is 8.22. The van der Waals surface area contributed by atoms with Crippen molar-refractivity contribution >= 4 is 0 Å². The van der Waals surface area contributed by atoms with Gasteiger partial charge >= 0.3 is 0 Å². The lowest BCUT2D eigenvalue weighted by molar-refractivity contribution is 0.279. The number of nitrogens with zero attached hydrogens (tertiary/aromatic N) is 1. The summed E-state index contributed by atoms with van der Waals surface area (Å²) in [6, 6.07) is 16.7. The highest BCUT2D eigenvalue weighted by atomic mass is 15.2. The lowest BCUT2D eigenvalue weighted by atomic mass is 9.85. The van der Waals surface area contributed by atoms with E-state index in [1.54, 1.807) is 22.3 Å². The second kappa shape index (κ2) is 9.83. The fraction of sp³-hybridized carbons (Fsp3) is 0.533. The van der Waals surface area contributed by atoms with Crippen molar-refractivity contribution in [3.8, 4) is 0 Å². The van der Waals surface area contributed by atoms with E-state index in [1.165, 1.54) is 75.7 Å². The van der Waals surface area contributed by atoms with Gasteiger partial charge in [-0.2, -0.15) is 0 Å². The minimum atomic E-state index is 0.422. The smallest absolute Gasteiger partial charge is 0.0451 e. The fourth-order valence-electron chi connectivity index (χ4n) is 6.30. The van der Waals surface area contributed by atoms with Crippen LogP contribution in [0.25, 0.3) is 0 Å². The maximum absolute atomic E-state index is 4.51. The molecule has 0 spiro atoms. The third-order valence-corrected chi connectivity index (χ3v) is 8.22. The monoisotopic (exact) mass is 428 g/mol. The van der Waals surface area contributed by atoms with E-state index in [-0.39, 0.29) is 0 Å². The highest BCUT2D eigenvalue weighted by Crippen LogP contribution is 2.31. The van der Waals surface area contributed by atoms with E-state index in [4.69, 9.17) is 0 Å². The number of benzene rings is 2. The summed E-state index contributed by atoms with van der Waals surface area (Å²) in [5.41, 5.74) is 9.01. The fourth-order valence-corrected chi connectivity index (χ4v) is 6.30. The summed E-state index contributed by atoms with van der Waals surface area (Å²) in [5.74, 6) is 1.18. The van der Waals surface area contributed by atoms with Crippen LogP contribution in [0.1, 0.15) is 72.8 Å². The van der Waals surface area contributed by atoms with Crippen LogP contribution in [0.15, 0.2) is 54.7 Å². The molecule has 1 fully saturated rings. The lowest BCUT2D eigenvalue weighted by Crippen LogP contribution is -2.43. The summed E-state index contributed by atoms with van der Waals surface area (Å²) in [7, 11) is 0. The van der Waals surface area contributed by atoms with Crippen molar-refractivity contribution in [2.24, 2.45) is 5.92 Å². The van der Waals surface area contributed by atoms with Crippen LogP contribution in [0.5, 0.6) is 0 Å². The van der Waals surface area contributed by atoms with Gasteiger partial charge in [0.1, 0.15) is 0 Å². The van der Waals surface area contributed by atoms with Crippen molar-refractivity contribution in [3.05, 3.63) is 82.6 Å². The Labute approximate surface area is 195 Å². The van der Waals surface area contributed by atoms with Gasteiger partial charge in [-0.15, -0.1) is 0 Å². The Morgan fingerprint density at radius 3 is 2.34 bits per heavy atom. The second-order valence-corrected chi connectivity index (χ2v) is 10.6. The summed E-state index contributed by atoms with van der Waals surface area (Å²) in [6.07, 6.45) is 11.4. The van der Waals surface area contributed by atoms with Gasteiger partial charge in [0.15, 0.2) is 0 Å². The van der Waals surface area contributed by atoms with Crippen LogP contribution >= 0.6 is 0 Å². The largest absolute Gasteiger partial charge is 0.384 e. The van der Waals surface area contributed by atoms with E-state index in [0.29, 0.717) is 17.9 Å². The molecular weight excluding hydrogens is 388 g/mol. The molecular formula is C30H40N2. The standard InChI is InChI=1S/C30H40N2/c1-22(17-24-18-27-10-5-6-11-28(27)19-24)31-30(21-32-15-7-8-16-32)23(2)26-14-13-25-9-3-4-12-29(25)20-26/h5-6,10-11,13-14,20,23-24,30-31H,1,3-4,7-9,12,15-19,21H2,2H3. The van der Waals surface area contributed by atoms with E-state index in [2.05, 4.69) is 66.2 Å². The number of aryl methyl sites for hydroxylation is 2. The molecule has 0 radical (unpaired) electrons. The molecule has 2 aliphatic carbocycles. The van der Waals surface area contributed by atoms with Crippen LogP contribution < -0.4 is 5.32 Å². The molecule has 0 aromatic heterocycles. The molecule has 3 aliphatic rings. The van der Waals surface area contributed by atoms with Gasteiger partial charge in [0.25, 0.3) is 0 Å². The summed E-state index contributed by atoms with van der Waals surface area (Å²) in [4.78, 5) is 2.66. The van der Waals surface area contributed by atoms with Gasteiger partial charge in [-0.05, 0) is 105 Å². The van der Waals surface area contributed by atoms with Crippen molar-refractivity contribution < 1.29 is 0 Å². The first-order chi connectivity index (χ1) is 15.7. The molecule has 2 aromatic rings. The molecule has 5 rings (SSSR count). The SMILES string of the molecule is C=C(CC1Cc2ccccc2C1)NC(CN1CCCC1)C(C)c1ccc2c(c1)CCCC2. The summed E-state index contributed by atoms with van der Waals surface area (Å²) >= 11 is 0. The predicted octanol–water partition coefficient (Wildman–Crippen LogP) is 6.04. The summed E-state index contributed by atoms with van der Waals surface area (Å²) in [6.45, 7) is 10.6. The molecule has 0 bridgehead atoms. The quantitative estimate of drug-likeness (QED) is 0.551. The molecule has 2 nitrogen and oxygen atoms in total. The summed E-state index contributed by atoms with van der Waals surface area (Å²) in [5, 5.41) is 3.94. The number of rotatable bonds is 8. The maximum atomic E-state index is 4.51. The minimum absolute atomic E-state index is 0.422. The molecule has 1 N–H and O–H groups in total. The molecule has 170 valence electrons. The normalized spacial score (nSPS) is 20.5. The number of hydrogen-bond acceptors (Lipinski definition) is 2. The predicted molar refractivity (Wildman–Crippen MR) is 135 cm³/mol. The van der Waals surface area contributed by atoms with Crippen molar-refractivity contribution in [2.75, 3.05) is 19.6 Å². The van der Waals surface area contributed by atoms with Crippen molar-refractivity contribution in [3.63, 3.8) is 0 Å². The third kappa shape index (κ3) is 4.96. The number of hydrogen-bond donors (Lipinski definition) is 1. The first kappa shape index (κ1) is 21.8. The second-order valence-electron chi connectivity index (χ2n) is 10.6. The number of nitrogens with one attached hydrogen (secondary N) is 1. The molecule has 2 aromatic carbocycles. The zero-order chi connectivity index (χ0) is 21.9. The lowest BCUT2D eigenvalue weighted by Gasteiger charge is -2.32. The first-order valence-corrected chi connectivity index (χ1v) is 13.0. The summed E-state index contributed by atoms with van der Waals surface area (Å²) < 4.78 is 0. The Morgan fingerprint density at radius 2 is 1.62 bits per heavy atom. The number of allylic oxidation sites excluding steroid dienone is 1. The van der Waals surface area contributed by atoms with Crippen LogP contribution in [-0.4, -0.2) is 30.6 Å². The molecule has 1 saturated heterocycles. The molecule has 0 saturated carbocycles. The maximum Gasteiger partial charge on any atom is 0.0451 e. The van der Waals surface area contributed by atoms with Gasteiger partial charge in [-0.25, -0.2) is 0 Å². The van der Waals surface area contributed by atoms with Gasteiger partial charge in [0.2, 0.25) is 0 Å². The average molecular weight is 429 g/mol. The molecule has 2 atom stereocenters. The topological polar surface area (TPSA) is 15.3 Å². The highest BCUT2D eigenvalue weighted by Gasteiger charge is 2.27. The van der Waals surface area contributed by atoms with Crippen LogP contribution in [-0.2, 0) is 25.7 Å². The Bertz CT molecular complexity index is 915. The van der Waals surface area contributed by atoms with Crippen LogP contribution in [0.2, 0.25) is 0 Å². The van der Waals surface area contributed by atoms with E-state index < -0.39 is 0 Å². The van der Waals surface area contributed by atoms with Gasteiger partial charge in [0, 0.05) is 24.2 Å². The molecule has 1 heterocycles. The Hall–Kier alpha value is -2.06. The van der Waals surface area contributed by atoms with Crippen LogP contribution in [0.3, 0.4) is 0 Å². The van der Waals surface area contributed by atoms with E-state index in [1.807, 2.05) is 0 Å². The Kier molecular flexibility index (Phi) is 6.69. The Morgan fingerprint density at radius 1 is 0.938 bits per heavy atom. The zero-order valence-corrected chi connectivity index (χ0v) is 19.9. The van der Waals surface area contributed by atoms with Gasteiger partial charge in [-0.1, -0.05) is 56.0 Å². The number of fused-ring (bicyclic) bond motifs is 2. The average Bonchev–Trinajstić information content (AvgIpc) is 3.47. The molecule has 32 heavy (non-hydrogen) atoms. The van der Waals surface area contributed by atoms with Crippen molar-refractivity contribution in [1.82, 2.24) is 10.2 Å². The first-order valence-electron chi connectivity index (χ1n) is 13.0.